The fraction of sp³-hybridized carbons (Fsp3) is 0.500. The van der Waals surface area contributed by atoms with Gasteiger partial charge in [0.2, 0.25) is 0 Å². The van der Waals surface area contributed by atoms with Crippen LogP contribution in [-0.2, 0) is 9.53 Å². The Morgan fingerprint density at radius 1 is 1.28 bits per heavy atom. The third kappa shape index (κ3) is 3.53. The third-order valence-electron chi connectivity index (χ3n) is 3.21. The Bertz CT molecular complexity index is 409. The molecule has 1 N–H and O–H groups in total. The fourth-order valence-electron chi connectivity index (χ4n) is 1.84. The smallest absolute Gasteiger partial charge is 0.309 e. The van der Waals surface area contributed by atoms with Gasteiger partial charge in [-0.15, -0.1) is 0 Å². The summed E-state index contributed by atoms with van der Waals surface area (Å²) in [5.74, 6) is -0.782. The maximum Gasteiger partial charge on any atom is 0.309 e. The number of carbonyl (C=O) groups is 1. The number of hydrogen-bond acceptors (Lipinski definition) is 3. The number of benzene rings is 1. The van der Waals surface area contributed by atoms with Gasteiger partial charge in [0.05, 0.1) is 13.0 Å². The van der Waals surface area contributed by atoms with Crippen molar-refractivity contribution < 1.29 is 13.9 Å². The molecule has 1 rings (SSSR count). The molecule has 3 atom stereocenters. The van der Waals surface area contributed by atoms with E-state index in [1.807, 2.05) is 13.8 Å². The minimum Gasteiger partial charge on any atom is -0.469 e. The molecule has 0 aliphatic heterocycles. The van der Waals surface area contributed by atoms with Crippen LogP contribution in [0.4, 0.5) is 4.39 Å². The lowest BCUT2D eigenvalue weighted by Crippen LogP contribution is -2.38. The second-order valence-corrected chi connectivity index (χ2v) is 4.51. The molecule has 2 unspecified atom stereocenters. The van der Waals surface area contributed by atoms with Crippen LogP contribution in [0, 0.1) is 11.7 Å². The molecule has 0 aliphatic rings. The predicted molar refractivity (Wildman–Crippen MR) is 68.6 cm³/mol. The molecule has 4 heteroatoms. The molecule has 18 heavy (non-hydrogen) atoms. The first-order chi connectivity index (χ1) is 8.47. The quantitative estimate of drug-likeness (QED) is 0.820. The molecule has 0 bridgehead atoms. The van der Waals surface area contributed by atoms with Crippen molar-refractivity contribution in [3.05, 3.63) is 35.6 Å². The van der Waals surface area contributed by atoms with Crippen molar-refractivity contribution in [3.8, 4) is 0 Å². The lowest BCUT2D eigenvalue weighted by atomic mass is 10.0. The van der Waals surface area contributed by atoms with Crippen molar-refractivity contribution in [2.24, 2.45) is 5.92 Å². The number of methoxy groups -OCH3 is 1. The Morgan fingerprint density at radius 2 is 1.89 bits per heavy atom. The summed E-state index contributed by atoms with van der Waals surface area (Å²) < 4.78 is 18.3. The molecule has 0 saturated heterocycles. The lowest BCUT2D eigenvalue weighted by molar-refractivity contribution is -0.145. The molecule has 0 saturated carbocycles. The van der Waals surface area contributed by atoms with Gasteiger partial charge in [-0.1, -0.05) is 25.1 Å². The lowest BCUT2D eigenvalue weighted by Gasteiger charge is -2.24. The molecular formula is C14H20FNO2. The summed E-state index contributed by atoms with van der Waals surface area (Å²) in [7, 11) is 1.37. The van der Waals surface area contributed by atoms with Gasteiger partial charge in [-0.3, -0.25) is 4.79 Å². The first-order valence-corrected chi connectivity index (χ1v) is 6.05. The molecule has 1 aromatic carbocycles. The van der Waals surface area contributed by atoms with Crippen molar-refractivity contribution in [1.82, 2.24) is 5.32 Å². The number of ether oxygens (including phenoxy) is 1. The van der Waals surface area contributed by atoms with E-state index >= 15 is 0 Å². The van der Waals surface area contributed by atoms with Crippen LogP contribution in [0.2, 0.25) is 0 Å². The second-order valence-electron chi connectivity index (χ2n) is 4.51. The zero-order valence-corrected chi connectivity index (χ0v) is 11.2. The number of halogens is 1. The number of nitrogens with one attached hydrogen (secondary N) is 1. The molecule has 0 aromatic heterocycles. The van der Waals surface area contributed by atoms with E-state index in [0.29, 0.717) is 5.56 Å². The van der Waals surface area contributed by atoms with Crippen LogP contribution in [0.25, 0.3) is 0 Å². The van der Waals surface area contributed by atoms with Crippen LogP contribution in [-0.4, -0.2) is 19.1 Å². The average Bonchev–Trinajstić information content (AvgIpc) is 2.37. The molecule has 1 aromatic rings. The van der Waals surface area contributed by atoms with Crippen LogP contribution in [0.3, 0.4) is 0 Å². The Balaban J connectivity index is 2.68. The van der Waals surface area contributed by atoms with E-state index in [1.165, 1.54) is 13.2 Å². The highest BCUT2D eigenvalue weighted by Gasteiger charge is 2.23. The Kier molecular flexibility index (Phi) is 5.28. The zero-order valence-electron chi connectivity index (χ0n) is 11.2. The topological polar surface area (TPSA) is 38.3 Å². The Morgan fingerprint density at radius 3 is 2.44 bits per heavy atom. The van der Waals surface area contributed by atoms with Crippen molar-refractivity contribution in [2.75, 3.05) is 7.11 Å². The summed E-state index contributed by atoms with van der Waals surface area (Å²) in [6.07, 6.45) is 0. The number of carbonyl (C=O) groups excluding carboxylic acids is 1. The highest BCUT2D eigenvalue weighted by atomic mass is 19.1. The first-order valence-electron chi connectivity index (χ1n) is 6.05. The first kappa shape index (κ1) is 14.6. The number of rotatable bonds is 5. The third-order valence-corrected chi connectivity index (χ3v) is 3.21. The van der Waals surface area contributed by atoms with Crippen molar-refractivity contribution in [3.63, 3.8) is 0 Å². The van der Waals surface area contributed by atoms with Gasteiger partial charge in [0.25, 0.3) is 0 Å². The van der Waals surface area contributed by atoms with Crippen molar-refractivity contribution in [1.29, 1.82) is 0 Å². The van der Waals surface area contributed by atoms with Crippen LogP contribution in [0.15, 0.2) is 24.3 Å². The van der Waals surface area contributed by atoms with E-state index in [1.54, 1.807) is 25.1 Å². The van der Waals surface area contributed by atoms with Gasteiger partial charge in [-0.25, -0.2) is 4.39 Å². The van der Waals surface area contributed by atoms with Gasteiger partial charge in [-0.2, -0.15) is 0 Å². The van der Waals surface area contributed by atoms with Crippen molar-refractivity contribution >= 4 is 5.97 Å². The molecule has 0 heterocycles. The number of esters is 1. The zero-order chi connectivity index (χ0) is 13.7. The van der Waals surface area contributed by atoms with Gasteiger partial charge >= 0.3 is 5.97 Å². The molecule has 0 radical (unpaired) electrons. The summed E-state index contributed by atoms with van der Waals surface area (Å²) in [4.78, 5) is 11.4. The Labute approximate surface area is 107 Å². The van der Waals surface area contributed by atoms with Gasteiger partial charge < -0.3 is 10.1 Å². The highest BCUT2D eigenvalue weighted by molar-refractivity contribution is 5.72. The fourth-order valence-corrected chi connectivity index (χ4v) is 1.84. The SMILES string of the molecule is COC(=O)C(C)C(C)N[C@H](C)c1ccccc1F. The minimum absolute atomic E-state index is 0.0907. The van der Waals surface area contributed by atoms with Gasteiger partial charge in [0.15, 0.2) is 0 Å². The molecule has 0 spiro atoms. The van der Waals surface area contributed by atoms with Gasteiger partial charge in [0.1, 0.15) is 5.82 Å². The largest absolute Gasteiger partial charge is 0.469 e. The van der Waals surface area contributed by atoms with Crippen LogP contribution in [0.1, 0.15) is 32.4 Å². The molecular weight excluding hydrogens is 233 g/mol. The van der Waals surface area contributed by atoms with E-state index in [2.05, 4.69) is 5.32 Å². The van der Waals surface area contributed by atoms with E-state index in [-0.39, 0.29) is 29.8 Å². The summed E-state index contributed by atoms with van der Waals surface area (Å²) in [6.45, 7) is 5.55. The molecule has 0 fully saturated rings. The van der Waals surface area contributed by atoms with Gasteiger partial charge in [0, 0.05) is 17.6 Å². The van der Waals surface area contributed by atoms with Crippen molar-refractivity contribution in [2.45, 2.75) is 32.9 Å². The highest BCUT2D eigenvalue weighted by Crippen LogP contribution is 2.18. The molecule has 0 amide bonds. The average molecular weight is 253 g/mol. The summed E-state index contributed by atoms with van der Waals surface area (Å²) in [5.41, 5.74) is 0.599. The maximum absolute atomic E-state index is 13.6. The van der Waals surface area contributed by atoms with E-state index in [4.69, 9.17) is 4.74 Å². The van der Waals surface area contributed by atoms with E-state index < -0.39 is 0 Å². The maximum atomic E-state index is 13.6. The molecule has 0 aliphatic carbocycles. The van der Waals surface area contributed by atoms with E-state index in [9.17, 15) is 9.18 Å². The summed E-state index contributed by atoms with van der Waals surface area (Å²) in [5, 5.41) is 3.21. The summed E-state index contributed by atoms with van der Waals surface area (Å²) in [6, 6.07) is 6.38. The normalized spacial score (nSPS) is 15.8. The van der Waals surface area contributed by atoms with E-state index in [0.717, 1.165) is 0 Å². The predicted octanol–water partition coefficient (Wildman–Crippen LogP) is 2.67. The van der Waals surface area contributed by atoms with Gasteiger partial charge in [-0.05, 0) is 19.9 Å². The summed E-state index contributed by atoms with van der Waals surface area (Å²) >= 11 is 0. The van der Waals surface area contributed by atoms with Crippen LogP contribution < -0.4 is 5.32 Å². The molecule has 3 nitrogen and oxygen atoms in total. The Hall–Kier alpha value is -1.42. The minimum atomic E-state index is -0.274. The standard InChI is InChI=1S/C14H20FNO2/c1-9(14(17)18-4)10(2)16-11(3)12-7-5-6-8-13(12)15/h5-11,16H,1-4H3/t9?,10?,11-/m1/s1. The van der Waals surface area contributed by atoms with Crippen LogP contribution in [0.5, 0.6) is 0 Å². The van der Waals surface area contributed by atoms with Crippen LogP contribution >= 0.6 is 0 Å². The second kappa shape index (κ2) is 6.50. The number of hydrogen-bond donors (Lipinski definition) is 1. The monoisotopic (exact) mass is 253 g/mol. The molecule has 100 valence electrons.